The topological polar surface area (TPSA) is 38.5 Å². The van der Waals surface area contributed by atoms with Gasteiger partial charge in [-0.25, -0.2) is 0 Å². The van der Waals surface area contributed by atoms with Crippen molar-refractivity contribution in [3.8, 4) is 0 Å². The first-order valence-corrected chi connectivity index (χ1v) is 6.15. The summed E-state index contributed by atoms with van der Waals surface area (Å²) in [5, 5.41) is 0. The van der Waals surface area contributed by atoms with E-state index in [0.29, 0.717) is 12.0 Å². The van der Waals surface area contributed by atoms with Crippen molar-refractivity contribution in [3.05, 3.63) is 0 Å². The summed E-state index contributed by atoms with van der Waals surface area (Å²) >= 11 is 0. The molecule has 0 spiro atoms. The van der Waals surface area contributed by atoms with Crippen LogP contribution in [-0.4, -0.2) is 44.3 Å². The largest absolute Gasteiger partial charge is 0.384 e. The quantitative estimate of drug-likeness (QED) is 0.725. The summed E-state index contributed by atoms with van der Waals surface area (Å²) in [6.07, 6.45) is 2.64. The van der Waals surface area contributed by atoms with Crippen LogP contribution in [-0.2, 0) is 4.74 Å². The number of nitrogens with two attached hydrogens (primary N) is 1. The fourth-order valence-corrected chi connectivity index (χ4v) is 2.61. The Morgan fingerprint density at radius 1 is 1.53 bits per heavy atom. The van der Waals surface area contributed by atoms with Gasteiger partial charge in [0.15, 0.2) is 0 Å². The first-order chi connectivity index (χ1) is 7.22. The zero-order valence-corrected chi connectivity index (χ0v) is 10.4. The van der Waals surface area contributed by atoms with Crippen molar-refractivity contribution in [3.63, 3.8) is 0 Å². The Labute approximate surface area is 94.0 Å². The predicted octanol–water partition coefficient (Wildman–Crippen LogP) is 1.33. The first kappa shape index (κ1) is 12.9. The van der Waals surface area contributed by atoms with Crippen molar-refractivity contribution in [2.24, 2.45) is 17.6 Å². The molecule has 0 aromatic rings. The minimum absolute atomic E-state index is 0.501. The molecule has 90 valence electrons. The van der Waals surface area contributed by atoms with Gasteiger partial charge in [-0.15, -0.1) is 0 Å². The van der Waals surface area contributed by atoms with E-state index in [0.717, 1.165) is 19.1 Å². The van der Waals surface area contributed by atoms with Crippen molar-refractivity contribution >= 4 is 0 Å². The van der Waals surface area contributed by atoms with Gasteiger partial charge in [-0.2, -0.15) is 0 Å². The first-order valence-electron chi connectivity index (χ1n) is 6.15. The molecular formula is C12H26N2O. The van der Waals surface area contributed by atoms with Gasteiger partial charge in [-0.1, -0.05) is 20.3 Å². The number of hydrogen-bond acceptors (Lipinski definition) is 3. The molecule has 1 fully saturated rings. The third-order valence-electron chi connectivity index (χ3n) is 3.69. The molecule has 1 aliphatic rings. The molecule has 15 heavy (non-hydrogen) atoms. The number of likely N-dealkylation sites (tertiary alicyclic amines) is 1. The normalized spacial score (nSPS) is 26.8. The van der Waals surface area contributed by atoms with E-state index in [9.17, 15) is 0 Å². The van der Waals surface area contributed by atoms with Crippen LogP contribution in [0.2, 0.25) is 0 Å². The maximum absolute atomic E-state index is 5.87. The molecule has 3 atom stereocenters. The average Bonchev–Trinajstić information content (AvgIpc) is 2.68. The van der Waals surface area contributed by atoms with Crippen LogP contribution in [0.25, 0.3) is 0 Å². The van der Waals surface area contributed by atoms with Crippen LogP contribution in [0, 0.1) is 11.8 Å². The molecule has 1 rings (SSSR count). The van der Waals surface area contributed by atoms with Crippen molar-refractivity contribution in [2.75, 3.05) is 33.4 Å². The lowest BCUT2D eigenvalue weighted by Crippen LogP contribution is -2.44. The molecule has 0 amide bonds. The Hall–Kier alpha value is -0.120. The summed E-state index contributed by atoms with van der Waals surface area (Å²) in [4.78, 5) is 2.55. The molecule has 0 aromatic heterocycles. The van der Waals surface area contributed by atoms with Crippen LogP contribution in [0.15, 0.2) is 0 Å². The van der Waals surface area contributed by atoms with E-state index < -0.39 is 0 Å². The van der Waals surface area contributed by atoms with Crippen molar-refractivity contribution in [1.29, 1.82) is 0 Å². The highest BCUT2D eigenvalue weighted by molar-refractivity contribution is 4.84. The maximum Gasteiger partial charge on any atom is 0.0503 e. The SMILES string of the molecule is CCC1CCN(C(CN)C(C)COC)C1. The summed E-state index contributed by atoms with van der Waals surface area (Å²) < 4.78 is 5.22. The fraction of sp³-hybridized carbons (Fsp3) is 1.00. The van der Waals surface area contributed by atoms with Crippen LogP contribution in [0.4, 0.5) is 0 Å². The molecule has 1 saturated heterocycles. The van der Waals surface area contributed by atoms with Crippen molar-refractivity contribution in [1.82, 2.24) is 4.90 Å². The highest BCUT2D eigenvalue weighted by Crippen LogP contribution is 2.23. The Balaban J connectivity index is 2.44. The molecular weight excluding hydrogens is 188 g/mol. The number of rotatable bonds is 6. The van der Waals surface area contributed by atoms with Crippen molar-refractivity contribution in [2.45, 2.75) is 32.7 Å². The lowest BCUT2D eigenvalue weighted by molar-refractivity contribution is 0.0957. The van der Waals surface area contributed by atoms with Gasteiger partial charge in [-0.3, -0.25) is 4.90 Å². The Kier molecular flexibility index (Phi) is 5.58. The van der Waals surface area contributed by atoms with Crippen LogP contribution >= 0.6 is 0 Å². The second-order valence-corrected chi connectivity index (χ2v) is 4.79. The van der Waals surface area contributed by atoms with Gasteiger partial charge in [0.05, 0.1) is 6.61 Å². The summed E-state index contributed by atoms with van der Waals surface area (Å²) in [6.45, 7) is 8.53. The molecule has 1 aliphatic heterocycles. The minimum atomic E-state index is 0.501. The van der Waals surface area contributed by atoms with E-state index in [1.807, 2.05) is 0 Å². The fourth-order valence-electron chi connectivity index (χ4n) is 2.61. The van der Waals surface area contributed by atoms with E-state index in [4.69, 9.17) is 10.5 Å². The molecule has 0 aromatic carbocycles. The van der Waals surface area contributed by atoms with Gasteiger partial charge in [0.2, 0.25) is 0 Å². The highest BCUT2D eigenvalue weighted by atomic mass is 16.5. The molecule has 3 nitrogen and oxygen atoms in total. The molecule has 0 radical (unpaired) electrons. The molecule has 0 aliphatic carbocycles. The van der Waals surface area contributed by atoms with Gasteiger partial charge >= 0.3 is 0 Å². The van der Waals surface area contributed by atoms with Gasteiger partial charge < -0.3 is 10.5 Å². The second kappa shape index (κ2) is 6.46. The lowest BCUT2D eigenvalue weighted by atomic mass is 10.0. The minimum Gasteiger partial charge on any atom is -0.384 e. The molecule has 0 bridgehead atoms. The number of nitrogens with zero attached hydrogens (tertiary/aromatic N) is 1. The second-order valence-electron chi connectivity index (χ2n) is 4.79. The molecule has 3 unspecified atom stereocenters. The molecule has 0 saturated carbocycles. The smallest absolute Gasteiger partial charge is 0.0503 e. The van der Waals surface area contributed by atoms with Gasteiger partial charge in [0.25, 0.3) is 0 Å². The average molecular weight is 214 g/mol. The van der Waals surface area contributed by atoms with E-state index in [1.54, 1.807) is 7.11 Å². The van der Waals surface area contributed by atoms with Crippen LogP contribution in [0.1, 0.15) is 26.7 Å². The number of ether oxygens (including phenoxy) is 1. The van der Waals surface area contributed by atoms with E-state index in [-0.39, 0.29) is 0 Å². The number of methoxy groups -OCH3 is 1. The molecule has 2 N–H and O–H groups in total. The lowest BCUT2D eigenvalue weighted by Gasteiger charge is -2.31. The van der Waals surface area contributed by atoms with E-state index in [1.165, 1.54) is 25.9 Å². The van der Waals surface area contributed by atoms with Gasteiger partial charge in [0.1, 0.15) is 0 Å². The van der Waals surface area contributed by atoms with Gasteiger partial charge in [-0.05, 0) is 24.8 Å². The Morgan fingerprint density at radius 2 is 2.27 bits per heavy atom. The number of hydrogen-bond donors (Lipinski definition) is 1. The Morgan fingerprint density at radius 3 is 2.73 bits per heavy atom. The summed E-state index contributed by atoms with van der Waals surface area (Å²) in [6, 6.07) is 0.501. The summed E-state index contributed by atoms with van der Waals surface area (Å²) in [7, 11) is 1.77. The van der Waals surface area contributed by atoms with Crippen LogP contribution in [0.3, 0.4) is 0 Å². The van der Waals surface area contributed by atoms with Crippen molar-refractivity contribution < 1.29 is 4.74 Å². The van der Waals surface area contributed by atoms with E-state index >= 15 is 0 Å². The Bertz CT molecular complexity index is 175. The maximum atomic E-state index is 5.87. The molecule has 3 heteroatoms. The monoisotopic (exact) mass is 214 g/mol. The predicted molar refractivity (Wildman–Crippen MR) is 63.9 cm³/mol. The van der Waals surface area contributed by atoms with E-state index in [2.05, 4.69) is 18.7 Å². The summed E-state index contributed by atoms with van der Waals surface area (Å²) in [5.74, 6) is 1.42. The zero-order chi connectivity index (χ0) is 11.3. The third kappa shape index (κ3) is 3.44. The summed E-state index contributed by atoms with van der Waals surface area (Å²) in [5.41, 5.74) is 5.87. The van der Waals surface area contributed by atoms with Crippen LogP contribution in [0.5, 0.6) is 0 Å². The third-order valence-corrected chi connectivity index (χ3v) is 3.69. The zero-order valence-electron chi connectivity index (χ0n) is 10.4. The van der Waals surface area contributed by atoms with Gasteiger partial charge in [0, 0.05) is 26.2 Å². The van der Waals surface area contributed by atoms with Crippen LogP contribution < -0.4 is 5.73 Å². The highest BCUT2D eigenvalue weighted by Gasteiger charge is 2.29. The molecule has 1 heterocycles. The standard InChI is InChI=1S/C12H26N2O/c1-4-11-5-6-14(8-11)12(7-13)10(2)9-15-3/h10-12H,4-9,13H2,1-3H3.